The minimum Gasteiger partial charge on any atom is -0.394 e. The molecular weight excluding hydrogens is 595 g/mol. The van der Waals surface area contributed by atoms with Crippen molar-refractivity contribution < 1.29 is 19.4 Å². The first kappa shape index (κ1) is 43.2. The van der Waals surface area contributed by atoms with Crippen LogP contribution in [-0.4, -0.2) is 65.9 Å². The molecule has 7 nitrogen and oxygen atoms in total. The predicted octanol–water partition coefficient (Wildman–Crippen LogP) is 8.59. The number of nitrogens with one attached hydrogen (secondary N) is 2. The van der Waals surface area contributed by atoms with Crippen molar-refractivity contribution in [2.75, 3.05) is 31.3 Å². The van der Waals surface area contributed by atoms with Gasteiger partial charge in [0.25, 0.3) is 0 Å². The fraction of sp³-hybridized carbons (Fsp3) is 0.947. The lowest BCUT2D eigenvalue weighted by Crippen LogP contribution is -2.49. The van der Waals surface area contributed by atoms with Crippen molar-refractivity contribution in [2.45, 2.75) is 198 Å². The molecule has 46 heavy (non-hydrogen) atoms. The van der Waals surface area contributed by atoms with E-state index in [1.807, 2.05) is 0 Å². The average molecular weight is 670 g/mol. The Hall–Kier alpha value is -0.830. The molecule has 0 bridgehead atoms. The van der Waals surface area contributed by atoms with Crippen molar-refractivity contribution in [1.82, 2.24) is 10.6 Å². The maximum absolute atomic E-state index is 12.7. The first-order valence-corrected chi connectivity index (χ1v) is 20.7. The van der Waals surface area contributed by atoms with E-state index in [1.54, 1.807) is 11.8 Å². The van der Waals surface area contributed by atoms with Gasteiger partial charge >= 0.3 is 0 Å². The van der Waals surface area contributed by atoms with Crippen LogP contribution in [0.5, 0.6) is 0 Å². The third kappa shape index (κ3) is 25.2. The Labute approximate surface area is 288 Å². The maximum atomic E-state index is 12.7. The zero-order valence-corrected chi connectivity index (χ0v) is 31.0. The molecule has 0 heterocycles. The Bertz CT molecular complexity index is 722. The second kappa shape index (κ2) is 30.2. The van der Waals surface area contributed by atoms with Gasteiger partial charge < -0.3 is 26.2 Å². The minimum absolute atomic E-state index is 0.0394. The second-order valence-electron chi connectivity index (χ2n) is 14.1. The number of amides is 2. The van der Waals surface area contributed by atoms with E-state index in [-0.39, 0.29) is 24.5 Å². The molecule has 1 rings (SSSR count). The number of hydrogen-bond donors (Lipinski definition) is 4. The van der Waals surface area contributed by atoms with E-state index < -0.39 is 11.6 Å². The van der Waals surface area contributed by atoms with Gasteiger partial charge in [0, 0.05) is 24.5 Å². The van der Waals surface area contributed by atoms with Crippen molar-refractivity contribution >= 4 is 23.6 Å². The fourth-order valence-corrected chi connectivity index (χ4v) is 6.90. The zero-order chi connectivity index (χ0) is 33.6. The van der Waals surface area contributed by atoms with Crippen LogP contribution in [0.4, 0.5) is 0 Å². The van der Waals surface area contributed by atoms with E-state index in [4.69, 9.17) is 10.5 Å². The average Bonchev–Trinajstić information content (AvgIpc) is 3.83. The molecule has 8 heteroatoms. The van der Waals surface area contributed by atoms with Crippen LogP contribution in [0.2, 0.25) is 0 Å². The maximum Gasteiger partial charge on any atom is 0.238 e. The largest absolute Gasteiger partial charge is 0.394 e. The zero-order valence-electron chi connectivity index (χ0n) is 30.2. The van der Waals surface area contributed by atoms with E-state index in [1.165, 1.54) is 128 Å². The number of ether oxygens (including phenoxy) is 1. The summed E-state index contributed by atoms with van der Waals surface area (Å²) in [5, 5.41) is 15.6. The topological polar surface area (TPSA) is 114 Å². The highest BCUT2D eigenvalue weighted by Gasteiger charge is 2.44. The van der Waals surface area contributed by atoms with Crippen LogP contribution in [-0.2, 0) is 14.3 Å². The standard InChI is InChI=1S/C38H75N3O4S/c1-3-5-7-9-11-13-14-15-16-17-19-21-23-25-29-45-30-34(31-46-32-35(39)37(44)41-38(33-42)27-28-38)40-36(43)26-24-22-20-18-12-10-8-6-4-2/h34-35,42H,3-33,39H2,1-2H3,(H,40,43)(H,41,44)/t34-,35-/m1/s1. The summed E-state index contributed by atoms with van der Waals surface area (Å²) in [6, 6.07) is -0.728. The molecule has 1 aliphatic rings. The lowest BCUT2D eigenvalue weighted by atomic mass is 10.0. The van der Waals surface area contributed by atoms with Gasteiger partial charge in [-0.3, -0.25) is 9.59 Å². The number of carbonyl (C=O) groups is 2. The molecule has 0 aromatic rings. The molecule has 2 atom stereocenters. The van der Waals surface area contributed by atoms with Crippen LogP contribution < -0.4 is 16.4 Å². The van der Waals surface area contributed by atoms with Gasteiger partial charge in [0.15, 0.2) is 0 Å². The van der Waals surface area contributed by atoms with E-state index in [9.17, 15) is 14.7 Å². The van der Waals surface area contributed by atoms with Crippen LogP contribution in [0.1, 0.15) is 181 Å². The summed E-state index contributed by atoms with van der Waals surface area (Å²) in [5.74, 6) is 1.01. The van der Waals surface area contributed by atoms with Gasteiger partial charge in [-0.2, -0.15) is 11.8 Å². The number of rotatable bonds is 35. The molecule has 1 fully saturated rings. The highest BCUT2D eigenvalue weighted by atomic mass is 32.2. The molecule has 1 saturated carbocycles. The summed E-state index contributed by atoms with van der Waals surface area (Å²) in [5.41, 5.74) is 5.69. The monoisotopic (exact) mass is 670 g/mol. The minimum atomic E-state index is -0.635. The lowest BCUT2D eigenvalue weighted by molar-refractivity contribution is -0.123. The van der Waals surface area contributed by atoms with E-state index in [2.05, 4.69) is 24.5 Å². The molecule has 272 valence electrons. The Morgan fingerprint density at radius 3 is 1.63 bits per heavy atom. The molecule has 0 aromatic heterocycles. The lowest BCUT2D eigenvalue weighted by Gasteiger charge is -2.21. The quantitative estimate of drug-likeness (QED) is 0.0503. The van der Waals surface area contributed by atoms with E-state index in [0.29, 0.717) is 24.5 Å². The smallest absolute Gasteiger partial charge is 0.238 e. The van der Waals surface area contributed by atoms with Crippen molar-refractivity contribution in [1.29, 1.82) is 0 Å². The third-order valence-corrected chi connectivity index (χ3v) is 10.6. The SMILES string of the molecule is CCCCCCCCCCCCCCCCOC[C@H](CSC[C@@H](N)C(=O)NC1(CO)CC1)NC(=O)CCCCCCCCCCC. The van der Waals surface area contributed by atoms with Crippen molar-refractivity contribution in [2.24, 2.45) is 5.73 Å². The van der Waals surface area contributed by atoms with Gasteiger partial charge in [0.1, 0.15) is 0 Å². The number of thioether (sulfide) groups is 1. The number of aliphatic hydroxyl groups is 1. The molecule has 1 aliphatic carbocycles. The normalized spacial score (nSPS) is 15.0. The Morgan fingerprint density at radius 1 is 0.717 bits per heavy atom. The molecule has 0 aromatic carbocycles. The highest BCUT2D eigenvalue weighted by Crippen LogP contribution is 2.34. The van der Waals surface area contributed by atoms with Crippen molar-refractivity contribution in [3.8, 4) is 0 Å². The first-order chi connectivity index (χ1) is 22.5. The van der Waals surface area contributed by atoms with Crippen molar-refractivity contribution in [3.63, 3.8) is 0 Å². The van der Waals surface area contributed by atoms with E-state index >= 15 is 0 Å². The summed E-state index contributed by atoms with van der Waals surface area (Å²) in [4.78, 5) is 25.2. The van der Waals surface area contributed by atoms with Gasteiger partial charge in [0.2, 0.25) is 11.8 Å². The van der Waals surface area contributed by atoms with Gasteiger partial charge in [-0.15, -0.1) is 0 Å². The summed E-state index contributed by atoms with van der Waals surface area (Å²) < 4.78 is 6.03. The van der Waals surface area contributed by atoms with Crippen LogP contribution in [0.15, 0.2) is 0 Å². The summed E-state index contributed by atoms with van der Waals surface area (Å²) in [6.07, 6.45) is 32.0. The fourth-order valence-electron chi connectivity index (χ4n) is 5.89. The van der Waals surface area contributed by atoms with Crippen LogP contribution in [0.3, 0.4) is 0 Å². The first-order valence-electron chi connectivity index (χ1n) is 19.6. The van der Waals surface area contributed by atoms with E-state index in [0.717, 1.165) is 38.7 Å². The number of carbonyl (C=O) groups excluding carboxylic acids is 2. The second-order valence-corrected chi connectivity index (χ2v) is 15.2. The Kier molecular flexibility index (Phi) is 28.4. The molecule has 2 amide bonds. The molecule has 0 aliphatic heterocycles. The van der Waals surface area contributed by atoms with Gasteiger partial charge in [0.05, 0.1) is 30.8 Å². The van der Waals surface area contributed by atoms with Gasteiger partial charge in [-0.05, 0) is 25.7 Å². The van der Waals surface area contributed by atoms with Gasteiger partial charge in [-0.25, -0.2) is 0 Å². The Morgan fingerprint density at radius 2 is 1.17 bits per heavy atom. The summed E-state index contributed by atoms with van der Waals surface area (Å²) in [7, 11) is 0. The Balaban J connectivity index is 2.22. The molecule has 0 radical (unpaired) electrons. The molecule has 0 saturated heterocycles. The van der Waals surface area contributed by atoms with Gasteiger partial charge in [-0.1, -0.05) is 149 Å². The molecule has 0 unspecified atom stereocenters. The number of nitrogens with two attached hydrogens (primary N) is 1. The number of unbranched alkanes of at least 4 members (excludes halogenated alkanes) is 21. The van der Waals surface area contributed by atoms with Crippen LogP contribution in [0, 0.1) is 0 Å². The molecule has 5 N–H and O–H groups in total. The molecule has 0 spiro atoms. The predicted molar refractivity (Wildman–Crippen MR) is 197 cm³/mol. The third-order valence-electron chi connectivity index (χ3n) is 9.33. The number of aliphatic hydroxyl groups excluding tert-OH is 1. The van der Waals surface area contributed by atoms with Crippen LogP contribution >= 0.6 is 11.8 Å². The number of hydrogen-bond acceptors (Lipinski definition) is 6. The van der Waals surface area contributed by atoms with Crippen molar-refractivity contribution in [3.05, 3.63) is 0 Å². The highest BCUT2D eigenvalue weighted by molar-refractivity contribution is 7.99. The molecular formula is C38H75N3O4S. The van der Waals surface area contributed by atoms with Crippen LogP contribution in [0.25, 0.3) is 0 Å². The summed E-state index contributed by atoms with van der Waals surface area (Å²) >= 11 is 1.58. The summed E-state index contributed by atoms with van der Waals surface area (Å²) in [6.45, 7) is 5.70.